The number of rotatable bonds is 3. The molecule has 0 spiro atoms. The van der Waals surface area contributed by atoms with Crippen LogP contribution in [0, 0.1) is 0 Å². The summed E-state index contributed by atoms with van der Waals surface area (Å²) in [5.41, 5.74) is 0. The van der Waals surface area contributed by atoms with E-state index >= 15 is 0 Å². The number of halogens is 1. The SMILES string of the molecule is C[C@@H]1O[C@H](CI)C[C@H]1S(=O)(=O)c1ccccc1. The molecule has 1 aliphatic rings. The number of hydrogen-bond donors (Lipinski definition) is 0. The first-order valence-corrected chi connectivity index (χ1v) is 8.63. The Labute approximate surface area is 116 Å². The second-order valence-corrected chi connectivity index (χ2v) is 7.30. The number of alkyl halides is 1. The first-order chi connectivity index (χ1) is 8.05. The minimum absolute atomic E-state index is 0.0640. The Morgan fingerprint density at radius 1 is 1.35 bits per heavy atom. The highest BCUT2D eigenvalue weighted by Crippen LogP contribution is 2.31. The van der Waals surface area contributed by atoms with E-state index in [1.807, 2.05) is 13.0 Å². The molecule has 0 N–H and O–H groups in total. The second-order valence-electron chi connectivity index (χ2n) is 4.25. The zero-order chi connectivity index (χ0) is 12.5. The molecule has 0 aromatic heterocycles. The standard InChI is InChI=1S/C12H15IO3S/c1-9-12(7-10(8-13)16-9)17(14,15)11-5-3-2-4-6-11/h2-6,9-10,12H,7-8H2,1H3/t9-,10-,12+/m0/s1. The van der Waals surface area contributed by atoms with Crippen LogP contribution in [0.5, 0.6) is 0 Å². The van der Waals surface area contributed by atoms with Gasteiger partial charge in [0.05, 0.1) is 22.4 Å². The molecule has 0 saturated carbocycles. The van der Waals surface area contributed by atoms with Gasteiger partial charge >= 0.3 is 0 Å². The van der Waals surface area contributed by atoms with Crippen molar-refractivity contribution in [3.05, 3.63) is 30.3 Å². The van der Waals surface area contributed by atoms with Crippen molar-refractivity contribution in [1.29, 1.82) is 0 Å². The van der Waals surface area contributed by atoms with E-state index in [1.54, 1.807) is 24.3 Å². The minimum Gasteiger partial charge on any atom is -0.373 e. The Balaban J connectivity index is 2.28. The number of hydrogen-bond acceptors (Lipinski definition) is 3. The molecule has 0 radical (unpaired) electrons. The van der Waals surface area contributed by atoms with Crippen molar-refractivity contribution in [2.75, 3.05) is 4.43 Å². The number of sulfone groups is 1. The molecule has 0 aliphatic carbocycles. The van der Waals surface area contributed by atoms with Gasteiger partial charge in [-0.1, -0.05) is 40.8 Å². The summed E-state index contributed by atoms with van der Waals surface area (Å²) in [6.07, 6.45) is 0.440. The largest absolute Gasteiger partial charge is 0.373 e. The maximum Gasteiger partial charge on any atom is 0.183 e. The monoisotopic (exact) mass is 366 g/mol. The average Bonchev–Trinajstić information content (AvgIpc) is 2.72. The summed E-state index contributed by atoms with van der Waals surface area (Å²) in [5, 5.41) is -0.412. The molecule has 1 heterocycles. The highest BCUT2D eigenvalue weighted by molar-refractivity contribution is 14.1. The molecule has 3 nitrogen and oxygen atoms in total. The van der Waals surface area contributed by atoms with Gasteiger partial charge in [0.1, 0.15) is 0 Å². The minimum atomic E-state index is -3.26. The van der Waals surface area contributed by atoms with E-state index in [2.05, 4.69) is 22.6 Å². The molecule has 1 aliphatic heterocycles. The fourth-order valence-electron chi connectivity index (χ4n) is 2.16. The van der Waals surface area contributed by atoms with Crippen LogP contribution in [0.2, 0.25) is 0 Å². The summed E-state index contributed by atoms with van der Waals surface area (Å²) in [5.74, 6) is 0. The summed E-state index contributed by atoms with van der Waals surface area (Å²) in [4.78, 5) is 0.398. The molecule has 5 heteroatoms. The lowest BCUT2D eigenvalue weighted by Crippen LogP contribution is -2.28. The number of ether oxygens (including phenoxy) is 1. The smallest absolute Gasteiger partial charge is 0.183 e. The molecule has 1 saturated heterocycles. The molecule has 1 aromatic rings. The Morgan fingerprint density at radius 2 is 2.00 bits per heavy atom. The fourth-order valence-corrected chi connectivity index (χ4v) is 4.65. The topological polar surface area (TPSA) is 43.4 Å². The van der Waals surface area contributed by atoms with Gasteiger partial charge in [-0.2, -0.15) is 0 Å². The first kappa shape index (κ1) is 13.3. The van der Waals surface area contributed by atoms with E-state index in [1.165, 1.54) is 0 Å². The molecule has 0 amide bonds. The Bertz CT molecular complexity index is 472. The quantitative estimate of drug-likeness (QED) is 0.610. The van der Waals surface area contributed by atoms with Crippen LogP contribution in [0.25, 0.3) is 0 Å². The number of benzene rings is 1. The molecule has 0 bridgehead atoms. The van der Waals surface area contributed by atoms with Crippen LogP contribution < -0.4 is 0 Å². The molecule has 2 rings (SSSR count). The molecule has 17 heavy (non-hydrogen) atoms. The van der Waals surface area contributed by atoms with Gasteiger partial charge in [0.25, 0.3) is 0 Å². The highest BCUT2D eigenvalue weighted by atomic mass is 127. The van der Waals surface area contributed by atoms with E-state index in [0.717, 1.165) is 4.43 Å². The summed E-state index contributed by atoms with van der Waals surface area (Å²) >= 11 is 2.23. The Kier molecular flexibility index (Phi) is 4.10. The lowest BCUT2D eigenvalue weighted by atomic mass is 10.2. The van der Waals surface area contributed by atoms with E-state index in [4.69, 9.17) is 4.74 Å². The van der Waals surface area contributed by atoms with Crippen LogP contribution >= 0.6 is 22.6 Å². The first-order valence-electron chi connectivity index (χ1n) is 5.56. The molecule has 1 fully saturated rings. The van der Waals surface area contributed by atoms with Crippen LogP contribution in [0.4, 0.5) is 0 Å². The van der Waals surface area contributed by atoms with Gasteiger partial charge in [0.2, 0.25) is 0 Å². The second kappa shape index (κ2) is 5.24. The molecule has 1 aromatic carbocycles. The third-order valence-corrected chi connectivity index (χ3v) is 6.35. The zero-order valence-electron chi connectivity index (χ0n) is 9.54. The van der Waals surface area contributed by atoms with E-state index < -0.39 is 15.1 Å². The molecular formula is C12H15IO3S. The van der Waals surface area contributed by atoms with Gasteiger partial charge in [-0.3, -0.25) is 0 Å². The predicted molar refractivity (Wildman–Crippen MR) is 75.3 cm³/mol. The van der Waals surface area contributed by atoms with E-state index in [9.17, 15) is 8.42 Å². The highest BCUT2D eigenvalue weighted by Gasteiger charge is 2.41. The van der Waals surface area contributed by atoms with Crippen LogP contribution in [-0.4, -0.2) is 30.3 Å². The molecule has 3 atom stereocenters. The van der Waals surface area contributed by atoms with Crippen molar-refractivity contribution in [1.82, 2.24) is 0 Å². The molecule has 0 unspecified atom stereocenters. The van der Waals surface area contributed by atoms with Gasteiger partial charge in [-0.25, -0.2) is 8.42 Å². The van der Waals surface area contributed by atoms with Crippen molar-refractivity contribution >= 4 is 32.4 Å². The van der Waals surface area contributed by atoms with Crippen LogP contribution in [0.1, 0.15) is 13.3 Å². The summed E-state index contributed by atoms with van der Waals surface area (Å²) in [6, 6.07) is 8.63. The Morgan fingerprint density at radius 3 is 2.53 bits per heavy atom. The molecule has 94 valence electrons. The van der Waals surface area contributed by atoms with Crippen molar-refractivity contribution in [2.24, 2.45) is 0 Å². The average molecular weight is 366 g/mol. The predicted octanol–water partition coefficient (Wildman–Crippen LogP) is 2.44. The van der Waals surface area contributed by atoms with Gasteiger partial charge in [-0.15, -0.1) is 0 Å². The van der Waals surface area contributed by atoms with Crippen LogP contribution in [0.15, 0.2) is 35.2 Å². The summed E-state index contributed by atoms with van der Waals surface area (Å²) in [7, 11) is -3.26. The normalized spacial score (nSPS) is 29.4. The van der Waals surface area contributed by atoms with Crippen molar-refractivity contribution in [3.63, 3.8) is 0 Å². The maximum absolute atomic E-state index is 12.4. The van der Waals surface area contributed by atoms with Gasteiger partial charge in [-0.05, 0) is 25.5 Å². The summed E-state index contributed by atoms with van der Waals surface area (Å²) < 4.78 is 31.3. The van der Waals surface area contributed by atoms with Crippen molar-refractivity contribution < 1.29 is 13.2 Å². The zero-order valence-corrected chi connectivity index (χ0v) is 12.5. The molecular weight excluding hydrogens is 351 g/mol. The van der Waals surface area contributed by atoms with Crippen LogP contribution in [-0.2, 0) is 14.6 Å². The third kappa shape index (κ3) is 2.66. The van der Waals surface area contributed by atoms with Gasteiger partial charge < -0.3 is 4.74 Å². The lowest BCUT2D eigenvalue weighted by molar-refractivity contribution is 0.0722. The third-order valence-electron chi connectivity index (χ3n) is 3.07. The maximum atomic E-state index is 12.4. The van der Waals surface area contributed by atoms with E-state index in [-0.39, 0.29) is 12.2 Å². The summed E-state index contributed by atoms with van der Waals surface area (Å²) in [6.45, 7) is 1.84. The van der Waals surface area contributed by atoms with Gasteiger partial charge in [0.15, 0.2) is 9.84 Å². The van der Waals surface area contributed by atoms with Gasteiger partial charge in [0, 0.05) is 4.43 Å². The Hall–Kier alpha value is -0.140. The van der Waals surface area contributed by atoms with E-state index in [0.29, 0.717) is 11.3 Å². The van der Waals surface area contributed by atoms with Crippen molar-refractivity contribution in [2.45, 2.75) is 35.7 Å². The van der Waals surface area contributed by atoms with Crippen LogP contribution in [0.3, 0.4) is 0 Å². The lowest BCUT2D eigenvalue weighted by Gasteiger charge is -2.14. The van der Waals surface area contributed by atoms with Crippen molar-refractivity contribution in [3.8, 4) is 0 Å². The fraction of sp³-hybridized carbons (Fsp3) is 0.500.